The fourth-order valence-electron chi connectivity index (χ4n) is 1.77. The summed E-state index contributed by atoms with van der Waals surface area (Å²) in [5.41, 5.74) is 0.463. The maximum atomic E-state index is 12.6. The van der Waals surface area contributed by atoms with Crippen molar-refractivity contribution in [3.63, 3.8) is 0 Å². The van der Waals surface area contributed by atoms with E-state index in [0.717, 1.165) is 0 Å². The minimum Gasteiger partial charge on any atom is -0.508 e. The molecule has 2 aromatic rings. The molecule has 0 aliphatic heterocycles. The highest BCUT2D eigenvalue weighted by Crippen LogP contribution is 2.25. The molecule has 1 N–H and O–H groups in total. The van der Waals surface area contributed by atoms with Crippen LogP contribution in [-0.2, 0) is 10.0 Å². The molecule has 5 nitrogen and oxygen atoms in total. The summed E-state index contributed by atoms with van der Waals surface area (Å²) in [6.07, 6.45) is 2.63. The summed E-state index contributed by atoms with van der Waals surface area (Å²) in [7, 11) is -3.73. The van der Waals surface area contributed by atoms with Gasteiger partial charge in [-0.3, -0.25) is 9.29 Å². The molecule has 0 unspecified atom stereocenters. The summed E-state index contributed by atoms with van der Waals surface area (Å²) < 4.78 is 26.4. The molecule has 1 heterocycles. The van der Waals surface area contributed by atoms with Gasteiger partial charge in [-0.25, -0.2) is 8.42 Å². The Hall–Kier alpha value is -1.79. The Morgan fingerprint density at radius 2 is 1.90 bits per heavy atom. The van der Waals surface area contributed by atoms with E-state index < -0.39 is 10.0 Å². The molecule has 0 bridgehead atoms. The lowest BCUT2D eigenvalue weighted by molar-refractivity contribution is 0.475. The Kier molecular flexibility index (Phi) is 4.15. The monoisotopic (exact) mass is 312 g/mol. The molecule has 106 valence electrons. The average molecular weight is 313 g/mol. The van der Waals surface area contributed by atoms with Crippen LogP contribution in [0.5, 0.6) is 5.75 Å². The maximum Gasteiger partial charge on any atom is 0.265 e. The van der Waals surface area contributed by atoms with Gasteiger partial charge in [-0.05, 0) is 37.3 Å². The molecule has 0 amide bonds. The van der Waals surface area contributed by atoms with E-state index >= 15 is 0 Å². The van der Waals surface area contributed by atoms with Gasteiger partial charge in [0.2, 0.25) is 0 Å². The number of hydrogen-bond acceptors (Lipinski definition) is 4. The first kappa shape index (κ1) is 14.6. The number of benzene rings is 1. The summed E-state index contributed by atoms with van der Waals surface area (Å²) in [4.78, 5) is 3.82. The van der Waals surface area contributed by atoms with E-state index in [1.807, 2.05) is 0 Å². The largest absolute Gasteiger partial charge is 0.508 e. The van der Waals surface area contributed by atoms with Crippen LogP contribution in [0.4, 0.5) is 5.69 Å². The van der Waals surface area contributed by atoms with Crippen molar-refractivity contribution in [2.45, 2.75) is 11.8 Å². The lowest BCUT2D eigenvalue weighted by Gasteiger charge is -2.22. The molecule has 1 aromatic heterocycles. The summed E-state index contributed by atoms with van der Waals surface area (Å²) in [6, 6.07) is 7.29. The van der Waals surface area contributed by atoms with Gasteiger partial charge in [-0.15, -0.1) is 0 Å². The first-order valence-electron chi connectivity index (χ1n) is 5.87. The van der Waals surface area contributed by atoms with Gasteiger partial charge in [0.25, 0.3) is 10.0 Å². The zero-order valence-electron chi connectivity index (χ0n) is 10.7. The fraction of sp³-hybridized carbons (Fsp3) is 0.154. The second kappa shape index (κ2) is 5.68. The minimum absolute atomic E-state index is 0.0277. The molecule has 7 heteroatoms. The zero-order valence-corrected chi connectivity index (χ0v) is 12.3. The summed E-state index contributed by atoms with van der Waals surface area (Å²) in [5.74, 6) is 0.0756. The number of nitrogens with zero attached hydrogens (tertiary/aromatic N) is 2. The van der Waals surface area contributed by atoms with Crippen molar-refractivity contribution >= 4 is 27.3 Å². The van der Waals surface area contributed by atoms with E-state index in [9.17, 15) is 13.5 Å². The molecular weight excluding hydrogens is 300 g/mol. The Labute approximate surface area is 122 Å². The van der Waals surface area contributed by atoms with Crippen molar-refractivity contribution in [3.05, 3.63) is 47.7 Å². The molecule has 1 aromatic carbocycles. The van der Waals surface area contributed by atoms with Gasteiger partial charge in [0.1, 0.15) is 10.6 Å². The van der Waals surface area contributed by atoms with E-state index in [-0.39, 0.29) is 22.2 Å². The Balaban J connectivity index is 2.47. The standard InChI is InChI=1S/C13H13ClN2O3S/c1-2-16(11-3-5-12(17)6-4-11)20(18,19)13-7-10(14)8-15-9-13/h3-9,17H,2H2,1H3. The van der Waals surface area contributed by atoms with E-state index in [2.05, 4.69) is 4.98 Å². The van der Waals surface area contributed by atoms with Crippen molar-refractivity contribution < 1.29 is 13.5 Å². The van der Waals surface area contributed by atoms with Crippen LogP contribution >= 0.6 is 11.6 Å². The summed E-state index contributed by atoms with van der Waals surface area (Å²) in [5, 5.41) is 9.53. The molecule has 0 saturated carbocycles. The molecule has 0 spiro atoms. The number of anilines is 1. The van der Waals surface area contributed by atoms with E-state index in [1.165, 1.54) is 47.0 Å². The highest BCUT2D eigenvalue weighted by Gasteiger charge is 2.24. The van der Waals surface area contributed by atoms with Crippen molar-refractivity contribution in [2.24, 2.45) is 0 Å². The number of aromatic hydroxyl groups is 1. The number of halogens is 1. The van der Waals surface area contributed by atoms with E-state index in [4.69, 9.17) is 11.6 Å². The van der Waals surface area contributed by atoms with Gasteiger partial charge in [0.15, 0.2) is 0 Å². The number of hydrogen-bond donors (Lipinski definition) is 1. The third-order valence-corrected chi connectivity index (χ3v) is 4.77. The van der Waals surface area contributed by atoms with Crippen LogP contribution in [0.2, 0.25) is 5.02 Å². The number of sulfonamides is 1. The van der Waals surface area contributed by atoms with Gasteiger partial charge in [0, 0.05) is 18.9 Å². The number of phenolic OH excluding ortho intramolecular Hbond substituents is 1. The van der Waals surface area contributed by atoms with E-state index in [1.54, 1.807) is 6.92 Å². The van der Waals surface area contributed by atoms with Crippen LogP contribution < -0.4 is 4.31 Å². The maximum absolute atomic E-state index is 12.6. The molecule has 0 atom stereocenters. The lowest BCUT2D eigenvalue weighted by Crippen LogP contribution is -2.30. The summed E-state index contributed by atoms with van der Waals surface area (Å²) >= 11 is 5.79. The molecule has 0 fully saturated rings. The smallest absolute Gasteiger partial charge is 0.265 e. The first-order valence-corrected chi connectivity index (χ1v) is 7.69. The highest BCUT2D eigenvalue weighted by molar-refractivity contribution is 7.92. The fourth-order valence-corrected chi connectivity index (χ4v) is 3.47. The molecular formula is C13H13ClN2O3S. The predicted molar refractivity (Wildman–Crippen MR) is 77.6 cm³/mol. The number of phenols is 1. The molecule has 2 rings (SSSR count). The number of rotatable bonds is 4. The number of pyridine rings is 1. The Morgan fingerprint density at radius 1 is 1.25 bits per heavy atom. The SMILES string of the molecule is CCN(c1ccc(O)cc1)S(=O)(=O)c1cncc(Cl)c1. The Morgan fingerprint density at radius 3 is 2.45 bits per heavy atom. The second-order valence-electron chi connectivity index (χ2n) is 4.03. The lowest BCUT2D eigenvalue weighted by atomic mass is 10.3. The van der Waals surface area contributed by atoms with Crippen molar-refractivity contribution in [3.8, 4) is 5.75 Å². The molecule has 0 radical (unpaired) electrons. The van der Waals surface area contributed by atoms with E-state index in [0.29, 0.717) is 5.69 Å². The Bertz CT molecular complexity index is 702. The van der Waals surface area contributed by atoms with Crippen LogP contribution in [0.25, 0.3) is 0 Å². The average Bonchev–Trinajstić information content (AvgIpc) is 2.41. The van der Waals surface area contributed by atoms with Crippen molar-refractivity contribution in [2.75, 3.05) is 10.8 Å². The van der Waals surface area contributed by atoms with Crippen LogP contribution in [0, 0.1) is 0 Å². The van der Waals surface area contributed by atoms with Gasteiger partial charge in [-0.1, -0.05) is 11.6 Å². The number of aromatic nitrogens is 1. The first-order chi connectivity index (χ1) is 9.45. The van der Waals surface area contributed by atoms with Gasteiger partial charge < -0.3 is 5.11 Å². The van der Waals surface area contributed by atoms with Gasteiger partial charge in [0.05, 0.1) is 10.7 Å². The van der Waals surface area contributed by atoms with Crippen LogP contribution in [-0.4, -0.2) is 25.1 Å². The second-order valence-corrected chi connectivity index (χ2v) is 6.32. The molecule has 0 saturated heterocycles. The topological polar surface area (TPSA) is 70.5 Å². The predicted octanol–water partition coefficient (Wildman–Crippen LogP) is 2.66. The molecule has 20 heavy (non-hydrogen) atoms. The normalized spacial score (nSPS) is 11.3. The minimum atomic E-state index is -3.73. The van der Waals surface area contributed by atoms with Gasteiger partial charge in [-0.2, -0.15) is 0 Å². The van der Waals surface area contributed by atoms with Crippen LogP contribution in [0.15, 0.2) is 47.6 Å². The zero-order chi connectivity index (χ0) is 14.8. The van der Waals surface area contributed by atoms with Crippen LogP contribution in [0.1, 0.15) is 6.92 Å². The van der Waals surface area contributed by atoms with Gasteiger partial charge >= 0.3 is 0 Å². The third-order valence-electron chi connectivity index (χ3n) is 2.69. The van der Waals surface area contributed by atoms with Crippen LogP contribution in [0.3, 0.4) is 0 Å². The molecule has 0 aliphatic carbocycles. The third kappa shape index (κ3) is 2.86. The summed E-state index contributed by atoms with van der Waals surface area (Å²) in [6.45, 7) is 1.97. The molecule has 0 aliphatic rings. The van der Waals surface area contributed by atoms with Crippen molar-refractivity contribution in [1.82, 2.24) is 4.98 Å². The van der Waals surface area contributed by atoms with Crippen molar-refractivity contribution in [1.29, 1.82) is 0 Å². The highest BCUT2D eigenvalue weighted by atomic mass is 35.5. The quantitative estimate of drug-likeness (QED) is 0.942.